The first-order valence-corrected chi connectivity index (χ1v) is 10.9. The lowest BCUT2D eigenvalue weighted by atomic mass is 10.0. The highest BCUT2D eigenvalue weighted by molar-refractivity contribution is 7.80. The molecule has 4 N–H and O–H groups in total. The van der Waals surface area contributed by atoms with Gasteiger partial charge < -0.3 is 21.1 Å². The lowest BCUT2D eigenvalue weighted by molar-refractivity contribution is -0.121. The Bertz CT molecular complexity index is 1160. The molecule has 0 heterocycles. The van der Waals surface area contributed by atoms with Crippen molar-refractivity contribution < 1.29 is 14.7 Å². The van der Waals surface area contributed by atoms with E-state index in [0.717, 1.165) is 16.3 Å². The van der Waals surface area contributed by atoms with E-state index in [1.165, 1.54) is 12.1 Å². The second-order valence-corrected chi connectivity index (χ2v) is 9.62. The van der Waals surface area contributed by atoms with Gasteiger partial charge in [0.15, 0.2) is 5.11 Å². The van der Waals surface area contributed by atoms with Crippen molar-refractivity contribution in [1.29, 1.82) is 0 Å². The van der Waals surface area contributed by atoms with E-state index in [0.29, 0.717) is 5.69 Å². The largest absolute Gasteiger partial charge is 0.478 e. The van der Waals surface area contributed by atoms with Crippen molar-refractivity contribution in [2.75, 3.05) is 5.32 Å². The number of hydrogen-bond acceptors (Lipinski definition) is 3. The van der Waals surface area contributed by atoms with Gasteiger partial charge in [-0.25, -0.2) is 4.79 Å². The molecule has 1 amide bonds. The van der Waals surface area contributed by atoms with Crippen molar-refractivity contribution in [3.05, 3.63) is 77.9 Å². The first-order chi connectivity index (χ1) is 15.1. The molecule has 0 aliphatic carbocycles. The van der Waals surface area contributed by atoms with Gasteiger partial charge in [-0.1, -0.05) is 83.3 Å². The minimum atomic E-state index is -1.91. The number of hydrogen-bond donors (Lipinski definition) is 4. The number of nitrogens with one attached hydrogen (secondary N) is 3. The first kappa shape index (κ1) is 24.1. The maximum absolute atomic E-state index is 12.7. The summed E-state index contributed by atoms with van der Waals surface area (Å²) in [7, 11) is 0. The number of alkyl halides is 3. The normalized spacial score (nSPS) is 12.1. The molecule has 0 spiro atoms. The fourth-order valence-electron chi connectivity index (χ4n) is 3.06. The molecule has 6 nitrogen and oxygen atoms in total. The number of thiocarbonyl (C=S) groups is 1. The van der Waals surface area contributed by atoms with E-state index < -0.39 is 15.9 Å². The number of carboxylic acid groups (broad SMARTS) is 1. The highest BCUT2D eigenvalue weighted by Crippen LogP contribution is 2.29. The number of halogens is 3. The molecule has 0 saturated heterocycles. The summed E-state index contributed by atoms with van der Waals surface area (Å²) >= 11 is 23.4. The average molecular weight is 511 g/mol. The Hall–Kier alpha value is -2.58. The number of anilines is 1. The maximum Gasteiger partial charge on any atom is 0.335 e. The van der Waals surface area contributed by atoms with Gasteiger partial charge in [0.1, 0.15) is 6.17 Å². The van der Waals surface area contributed by atoms with Crippen LogP contribution < -0.4 is 16.0 Å². The summed E-state index contributed by atoms with van der Waals surface area (Å²) in [5.41, 5.74) is 1.33. The second-order valence-electron chi connectivity index (χ2n) is 6.84. The fourth-order valence-corrected chi connectivity index (χ4v) is 3.62. The molecule has 0 bridgehead atoms. The van der Waals surface area contributed by atoms with Gasteiger partial charge in [-0.3, -0.25) is 4.79 Å². The zero-order valence-electron chi connectivity index (χ0n) is 16.4. The van der Waals surface area contributed by atoms with Gasteiger partial charge in [-0.2, -0.15) is 0 Å². The molecule has 0 radical (unpaired) electrons. The Balaban J connectivity index is 1.68. The number of carbonyl (C=O) groups is 2. The predicted molar refractivity (Wildman–Crippen MR) is 133 cm³/mol. The van der Waals surface area contributed by atoms with Gasteiger partial charge in [0.2, 0.25) is 9.70 Å². The van der Waals surface area contributed by atoms with E-state index in [1.54, 1.807) is 12.1 Å². The minimum Gasteiger partial charge on any atom is -0.478 e. The molecule has 0 unspecified atom stereocenters. The van der Waals surface area contributed by atoms with Crippen molar-refractivity contribution >= 4 is 80.5 Å². The summed E-state index contributed by atoms with van der Waals surface area (Å²) in [6, 6.07) is 19.5. The summed E-state index contributed by atoms with van der Waals surface area (Å²) in [5, 5.41) is 19.3. The molecule has 0 fully saturated rings. The molecule has 0 saturated carbocycles. The molecule has 3 aromatic rings. The second kappa shape index (κ2) is 10.4. The van der Waals surface area contributed by atoms with Crippen LogP contribution in [0.4, 0.5) is 5.69 Å². The van der Waals surface area contributed by atoms with Crippen molar-refractivity contribution in [1.82, 2.24) is 10.6 Å². The molecule has 10 heteroatoms. The van der Waals surface area contributed by atoms with Crippen LogP contribution in [0.25, 0.3) is 10.8 Å². The number of aromatic carboxylic acids is 1. The van der Waals surface area contributed by atoms with Gasteiger partial charge in [0.05, 0.1) is 12.0 Å². The van der Waals surface area contributed by atoms with Crippen LogP contribution in [-0.4, -0.2) is 32.1 Å². The molecule has 1 atom stereocenters. The molecule has 3 rings (SSSR count). The summed E-state index contributed by atoms with van der Waals surface area (Å²) in [4.78, 5) is 23.8. The van der Waals surface area contributed by atoms with E-state index in [9.17, 15) is 9.59 Å². The smallest absolute Gasteiger partial charge is 0.335 e. The van der Waals surface area contributed by atoms with Crippen LogP contribution in [-0.2, 0) is 11.2 Å². The summed E-state index contributed by atoms with van der Waals surface area (Å²) in [6.45, 7) is 0. The predicted octanol–water partition coefficient (Wildman–Crippen LogP) is 4.88. The molecule has 0 aliphatic rings. The molecule has 166 valence electrons. The fraction of sp³-hybridized carbons (Fsp3) is 0.136. The number of benzene rings is 3. The minimum absolute atomic E-state index is 0.0364. The van der Waals surface area contributed by atoms with Gasteiger partial charge in [-0.15, -0.1) is 0 Å². The molecule has 0 aromatic heterocycles. The van der Waals surface area contributed by atoms with Gasteiger partial charge in [0.25, 0.3) is 0 Å². The van der Waals surface area contributed by atoms with E-state index in [-0.39, 0.29) is 23.0 Å². The number of carbonyl (C=O) groups excluding carboxylic acids is 1. The van der Waals surface area contributed by atoms with E-state index in [1.807, 2.05) is 42.5 Å². The molecule has 0 aliphatic heterocycles. The SMILES string of the molecule is O=C(Cc1cccc2ccccc12)N[C@@H](NC(=S)Nc1cccc(C(=O)O)c1)C(Cl)(Cl)Cl. The van der Waals surface area contributed by atoms with Crippen LogP contribution in [0.2, 0.25) is 0 Å². The highest BCUT2D eigenvalue weighted by atomic mass is 35.6. The Labute approximate surface area is 204 Å². The number of fused-ring (bicyclic) bond motifs is 1. The topological polar surface area (TPSA) is 90.5 Å². The Morgan fingerprint density at radius 1 is 0.969 bits per heavy atom. The Morgan fingerprint density at radius 2 is 1.66 bits per heavy atom. The zero-order chi connectivity index (χ0) is 23.3. The zero-order valence-corrected chi connectivity index (χ0v) is 19.5. The van der Waals surface area contributed by atoms with Crippen molar-refractivity contribution in [2.24, 2.45) is 0 Å². The van der Waals surface area contributed by atoms with Crippen molar-refractivity contribution in [3.8, 4) is 0 Å². The quantitative estimate of drug-likeness (QED) is 0.215. The van der Waals surface area contributed by atoms with E-state index >= 15 is 0 Å². The lowest BCUT2D eigenvalue weighted by Crippen LogP contribution is -2.56. The number of carboxylic acids is 1. The third kappa shape index (κ3) is 6.46. The van der Waals surface area contributed by atoms with Crippen LogP contribution in [0.3, 0.4) is 0 Å². The molecule has 32 heavy (non-hydrogen) atoms. The summed E-state index contributed by atoms with van der Waals surface area (Å²) in [6.07, 6.45) is -1.07. The Morgan fingerprint density at radius 3 is 2.38 bits per heavy atom. The van der Waals surface area contributed by atoms with Crippen LogP contribution >= 0.6 is 47.0 Å². The first-order valence-electron chi connectivity index (χ1n) is 9.37. The summed E-state index contributed by atoms with van der Waals surface area (Å²) in [5.74, 6) is -1.45. The number of rotatable bonds is 6. The third-order valence-corrected chi connectivity index (χ3v) is 5.38. The maximum atomic E-state index is 12.7. The highest BCUT2D eigenvalue weighted by Gasteiger charge is 2.34. The van der Waals surface area contributed by atoms with Crippen LogP contribution in [0.15, 0.2) is 66.7 Å². The third-order valence-electron chi connectivity index (χ3n) is 4.51. The van der Waals surface area contributed by atoms with Gasteiger partial charge in [-0.05, 0) is 46.8 Å². The van der Waals surface area contributed by atoms with Crippen LogP contribution in [0, 0.1) is 0 Å². The van der Waals surface area contributed by atoms with E-state index in [2.05, 4.69) is 16.0 Å². The van der Waals surface area contributed by atoms with Crippen LogP contribution in [0.5, 0.6) is 0 Å². The monoisotopic (exact) mass is 509 g/mol. The Kier molecular flexibility index (Phi) is 7.79. The summed E-state index contributed by atoms with van der Waals surface area (Å²) < 4.78 is -1.91. The van der Waals surface area contributed by atoms with Crippen molar-refractivity contribution in [3.63, 3.8) is 0 Å². The van der Waals surface area contributed by atoms with Crippen LogP contribution in [0.1, 0.15) is 15.9 Å². The van der Waals surface area contributed by atoms with Gasteiger partial charge >= 0.3 is 5.97 Å². The van der Waals surface area contributed by atoms with E-state index in [4.69, 9.17) is 52.1 Å². The molecule has 3 aromatic carbocycles. The average Bonchev–Trinajstić information content (AvgIpc) is 2.73. The van der Waals surface area contributed by atoms with Gasteiger partial charge in [0, 0.05) is 5.69 Å². The lowest BCUT2D eigenvalue weighted by Gasteiger charge is -2.28. The standard InChI is InChI=1S/C22H18Cl3N3O3S/c23-22(24,25)20(28-21(32)26-16-9-4-8-15(11-16)19(30)31)27-18(29)12-14-7-3-6-13-5-1-2-10-17(13)14/h1-11,20H,12H2,(H,27,29)(H,30,31)(H2,26,28,32)/t20-/m0/s1. The molecular formula is C22H18Cl3N3O3S. The molecular weight excluding hydrogens is 493 g/mol. The number of amides is 1. The van der Waals surface area contributed by atoms with Crippen molar-refractivity contribution in [2.45, 2.75) is 16.4 Å².